The highest BCUT2D eigenvalue weighted by atomic mass is 127. The minimum atomic E-state index is -0.00989. The summed E-state index contributed by atoms with van der Waals surface area (Å²) in [6, 6.07) is 7.63. The highest BCUT2D eigenvalue weighted by Crippen LogP contribution is 2.31. The number of benzene rings is 1. The van der Waals surface area contributed by atoms with Gasteiger partial charge in [0.25, 0.3) is 5.91 Å². The molecule has 0 aromatic heterocycles. The number of nitrogens with one attached hydrogen (secondary N) is 2. The molecule has 2 rings (SSSR count). The lowest BCUT2D eigenvalue weighted by molar-refractivity contribution is -0.121. The molecule has 158 valence electrons. The van der Waals surface area contributed by atoms with Gasteiger partial charge in [-0.15, -0.1) is 24.0 Å². The fourth-order valence-corrected chi connectivity index (χ4v) is 3.00. The zero-order valence-electron chi connectivity index (χ0n) is 17.4. The number of anilines is 1. The highest BCUT2D eigenvalue weighted by molar-refractivity contribution is 14.0. The fraction of sp³-hybridized carbons (Fsp3) is 0.600. The second kappa shape index (κ2) is 11.5. The molecule has 28 heavy (non-hydrogen) atoms. The Bertz CT molecular complexity index is 661. The molecule has 1 atom stereocenters. The number of hydrogen-bond acceptors (Lipinski definition) is 4. The van der Waals surface area contributed by atoms with Crippen molar-refractivity contribution in [3.8, 4) is 5.75 Å². The summed E-state index contributed by atoms with van der Waals surface area (Å²) >= 11 is 0. The Balaban J connectivity index is 0.00000392. The molecule has 1 aliphatic heterocycles. The molecular formula is C20H33IN4O3. The third-order valence-electron chi connectivity index (χ3n) is 4.59. The number of amides is 1. The van der Waals surface area contributed by atoms with Gasteiger partial charge in [-0.25, -0.2) is 0 Å². The summed E-state index contributed by atoms with van der Waals surface area (Å²) in [5.74, 6) is 1.48. The van der Waals surface area contributed by atoms with E-state index in [1.165, 1.54) is 0 Å². The maximum absolute atomic E-state index is 12.2. The van der Waals surface area contributed by atoms with E-state index in [4.69, 9.17) is 9.47 Å². The molecule has 0 radical (unpaired) electrons. The van der Waals surface area contributed by atoms with Crippen molar-refractivity contribution in [2.45, 2.75) is 33.3 Å². The third kappa shape index (κ3) is 6.80. The number of nitrogens with zero attached hydrogens (tertiary/aromatic N) is 2. The quantitative estimate of drug-likeness (QED) is 0.259. The molecule has 1 heterocycles. The number of para-hydroxylation sites is 2. The van der Waals surface area contributed by atoms with Crippen LogP contribution in [0, 0.1) is 5.41 Å². The lowest BCUT2D eigenvalue weighted by atomic mass is 9.89. The predicted molar refractivity (Wildman–Crippen MR) is 124 cm³/mol. The van der Waals surface area contributed by atoms with Crippen LogP contribution in [-0.4, -0.2) is 58.4 Å². The largest absolute Gasteiger partial charge is 0.482 e. The second-order valence-electron chi connectivity index (χ2n) is 7.63. The highest BCUT2D eigenvalue weighted by Gasteiger charge is 2.25. The van der Waals surface area contributed by atoms with Gasteiger partial charge in [0.15, 0.2) is 12.6 Å². The monoisotopic (exact) mass is 504 g/mol. The number of methoxy groups -OCH3 is 1. The molecule has 7 nitrogen and oxygen atoms in total. The number of guanidine groups is 1. The summed E-state index contributed by atoms with van der Waals surface area (Å²) in [7, 11) is 3.47. The number of aliphatic imine (C=N–C) groups is 1. The lowest BCUT2D eigenvalue weighted by Gasteiger charge is -2.30. The van der Waals surface area contributed by atoms with Crippen LogP contribution in [0.3, 0.4) is 0 Å². The van der Waals surface area contributed by atoms with E-state index in [9.17, 15) is 4.79 Å². The molecule has 2 N–H and O–H groups in total. The normalized spacial score (nSPS) is 15.2. The number of rotatable bonds is 7. The predicted octanol–water partition coefficient (Wildman–Crippen LogP) is 2.65. The Morgan fingerprint density at radius 1 is 1.32 bits per heavy atom. The number of halogens is 1. The first kappa shape index (κ1) is 24.5. The van der Waals surface area contributed by atoms with Crippen LogP contribution in [0.1, 0.15) is 27.2 Å². The Hall–Kier alpha value is -1.55. The van der Waals surface area contributed by atoms with Gasteiger partial charge in [0.1, 0.15) is 5.75 Å². The van der Waals surface area contributed by atoms with E-state index in [0.717, 1.165) is 23.8 Å². The van der Waals surface area contributed by atoms with E-state index in [2.05, 4.69) is 36.4 Å². The van der Waals surface area contributed by atoms with Crippen molar-refractivity contribution in [2.24, 2.45) is 10.4 Å². The summed E-state index contributed by atoms with van der Waals surface area (Å²) in [4.78, 5) is 18.2. The number of carbonyl (C=O) groups is 1. The van der Waals surface area contributed by atoms with E-state index in [1.54, 1.807) is 19.1 Å². The summed E-state index contributed by atoms with van der Waals surface area (Å²) < 4.78 is 11.0. The zero-order valence-corrected chi connectivity index (χ0v) is 19.8. The van der Waals surface area contributed by atoms with Crippen LogP contribution in [0.25, 0.3) is 0 Å². The van der Waals surface area contributed by atoms with Crippen LogP contribution in [0.15, 0.2) is 29.3 Å². The first-order valence-corrected chi connectivity index (χ1v) is 9.36. The van der Waals surface area contributed by atoms with Gasteiger partial charge >= 0.3 is 0 Å². The van der Waals surface area contributed by atoms with Crippen molar-refractivity contribution in [3.63, 3.8) is 0 Å². The van der Waals surface area contributed by atoms with E-state index in [0.29, 0.717) is 19.6 Å². The molecule has 0 saturated heterocycles. The van der Waals surface area contributed by atoms with E-state index in [1.807, 2.05) is 24.3 Å². The van der Waals surface area contributed by atoms with Crippen molar-refractivity contribution in [1.29, 1.82) is 0 Å². The molecule has 0 aliphatic carbocycles. The van der Waals surface area contributed by atoms with Gasteiger partial charge in [-0.1, -0.05) is 32.9 Å². The number of hydrogen-bond donors (Lipinski definition) is 2. The van der Waals surface area contributed by atoms with Crippen molar-refractivity contribution >= 4 is 41.5 Å². The molecular weight excluding hydrogens is 471 g/mol. The van der Waals surface area contributed by atoms with Gasteiger partial charge in [-0.2, -0.15) is 0 Å². The lowest BCUT2D eigenvalue weighted by Crippen LogP contribution is -2.46. The topological polar surface area (TPSA) is 75.2 Å². The third-order valence-corrected chi connectivity index (χ3v) is 4.59. The first-order valence-electron chi connectivity index (χ1n) is 9.36. The molecule has 1 aliphatic rings. The molecule has 0 bridgehead atoms. The van der Waals surface area contributed by atoms with Crippen LogP contribution in [-0.2, 0) is 9.53 Å². The standard InChI is InChI=1S/C20H32N4O3.HI/c1-20(2,3)17(26-5)13-23-19(21-4)22-11-8-12-24-15-9-6-7-10-16(15)27-14-18(24)25;/h6-7,9-10,17H,8,11-14H2,1-5H3,(H2,21,22,23);1H. The fourth-order valence-electron chi connectivity index (χ4n) is 3.00. The van der Waals surface area contributed by atoms with E-state index >= 15 is 0 Å². The number of fused-ring (bicyclic) bond motifs is 1. The smallest absolute Gasteiger partial charge is 0.265 e. The minimum Gasteiger partial charge on any atom is -0.482 e. The summed E-state index contributed by atoms with van der Waals surface area (Å²) in [5, 5.41) is 6.60. The molecule has 1 unspecified atom stereocenters. The van der Waals surface area contributed by atoms with Crippen LogP contribution < -0.4 is 20.3 Å². The van der Waals surface area contributed by atoms with Crippen molar-refractivity contribution in [1.82, 2.24) is 10.6 Å². The van der Waals surface area contributed by atoms with E-state index < -0.39 is 0 Å². The van der Waals surface area contributed by atoms with Crippen LogP contribution in [0.2, 0.25) is 0 Å². The minimum absolute atomic E-state index is 0. The maximum atomic E-state index is 12.2. The van der Waals surface area contributed by atoms with Crippen LogP contribution >= 0.6 is 24.0 Å². The van der Waals surface area contributed by atoms with Crippen LogP contribution in [0.5, 0.6) is 5.75 Å². The molecule has 1 aromatic rings. The molecule has 8 heteroatoms. The molecule has 1 amide bonds. The first-order chi connectivity index (χ1) is 12.9. The Morgan fingerprint density at radius 3 is 2.68 bits per heavy atom. The summed E-state index contributed by atoms with van der Waals surface area (Å²) in [5.41, 5.74) is 0.884. The van der Waals surface area contributed by atoms with Crippen LogP contribution in [0.4, 0.5) is 5.69 Å². The van der Waals surface area contributed by atoms with Gasteiger partial charge in [0, 0.05) is 33.8 Å². The maximum Gasteiger partial charge on any atom is 0.265 e. The molecule has 1 aromatic carbocycles. The van der Waals surface area contributed by atoms with E-state index in [-0.39, 0.29) is 48.0 Å². The van der Waals surface area contributed by atoms with Gasteiger partial charge in [0.05, 0.1) is 11.8 Å². The molecule has 0 spiro atoms. The SMILES string of the molecule is CN=C(NCCCN1C(=O)COc2ccccc21)NCC(OC)C(C)(C)C.I. The Labute approximate surface area is 185 Å². The number of carbonyl (C=O) groups excluding carboxylic acids is 1. The summed E-state index contributed by atoms with van der Waals surface area (Å²) in [6.45, 7) is 8.56. The second-order valence-corrected chi connectivity index (χ2v) is 7.63. The Kier molecular flexibility index (Phi) is 10.0. The van der Waals surface area contributed by atoms with Gasteiger partial charge in [-0.3, -0.25) is 9.79 Å². The average Bonchev–Trinajstić information content (AvgIpc) is 2.64. The zero-order chi connectivity index (χ0) is 19.9. The van der Waals surface area contributed by atoms with Gasteiger partial charge < -0.3 is 25.0 Å². The van der Waals surface area contributed by atoms with Crippen molar-refractivity contribution in [3.05, 3.63) is 24.3 Å². The average molecular weight is 504 g/mol. The van der Waals surface area contributed by atoms with Crippen molar-refractivity contribution < 1.29 is 14.3 Å². The Morgan fingerprint density at radius 2 is 2.04 bits per heavy atom. The van der Waals surface area contributed by atoms with Gasteiger partial charge in [-0.05, 0) is 24.0 Å². The van der Waals surface area contributed by atoms with Crippen molar-refractivity contribution in [2.75, 3.05) is 45.3 Å². The molecule has 0 fully saturated rings. The number of ether oxygens (including phenoxy) is 2. The molecule has 0 saturated carbocycles. The summed E-state index contributed by atoms with van der Waals surface area (Å²) in [6.07, 6.45) is 0.881. The van der Waals surface area contributed by atoms with Gasteiger partial charge in [0.2, 0.25) is 0 Å².